The summed E-state index contributed by atoms with van der Waals surface area (Å²) in [5.41, 5.74) is 2.28. The number of nitrogens with one attached hydrogen (secondary N) is 1. The van der Waals surface area contributed by atoms with Gasteiger partial charge in [0.25, 0.3) is 5.91 Å². The number of rotatable bonds is 9. The fraction of sp³-hybridized carbons (Fsp3) is 0.448. The predicted octanol–water partition coefficient (Wildman–Crippen LogP) is 4.60. The molecule has 1 fully saturated rings. The van der Waals surface area contributed by atoms with Gasteiger partial charge in [0, 0.05) is 32.4 Å². The molecule has 11 heteroatoms. The van der Waals surface area contributed by atoms with Crippen molar-refractivity contribution in [3.05, 3.63) is 65.4 Å². The number of aromatic nitrogens is 2. The number of hydrogen-bond donors (Lipinski definition) is 1. The second-order valence-electron chi connectivity index (χ2n) is 10.0. The third-order valence-electron chi connectivity index (χ3n) is 6.85. The van der Waals surface area contributed by atoms with Crippen molar-refractivity contribution < 1.29 is 28.3 Å². The zero-order valence-corrected chi connectivity index (χ0v) is 23.7. The maximum absolute atomic E-state index is 13.1. The van der Waals surface area contributed by atoms with Crippen molar-refractivity contribution in [2.45, 2.75) is 53.2 Å². The molecule has 1 unspecified atom stereocenters. The summed E-state index contributed by atoms with van der Waals surface area (Å²) in [6.45, 7) is 11.7. The number of furan rings is 1. The zero-order chi connectivity index (χ0) is 28.8. The molecule has 3 amide bonds. The highest BCUT2D eigenvalue weighted by atomic mass is 16.6. The molecular formula is C29H37N5O6. The first-order valence-corrected chi connectivity index (χ1v) is 13.5. The maximum atomic E-state index is 13.1. The molecule has 4 rings (SSSR count). The van der Waals surface area contributed by atoms with Crippen molar-refractivity contribution in [1.29, 1.82) is 0 Å². The SMILES string of the molecule is CCOC(=O)N1CCN(C(=O)C(C)n2cc(NC(=O)c3ccc(COc4ccc(C(C)C)cc4)o3)c(C)n2)CC1. The normalized spacial score (nSPS) is 14.2. The fourth-order valence-corrected chi connectivity index (χ4v) is 4.37. The molecule has 1 saturated heterocycles. The summed E-state index contributed by atoms with van der Waals surface area (Å²) in [5.74, 6) is 1.29. The Morgan fingerprint density at radius 1 is 1.00 bits per heavy atom. The molecule has 0 bridgehead atoms. The van der Waals surface area contributed by atoms with Crippen LogP contribution in [-0.4, -0.2) is 70.3 Å². The highest BCUT2D eigenvalue weighted by Gasteiger charge is 2.29. The number of hydrogen-bond acceptors (Lipinski definition) is 7. The van der Waals surface area contributed by atoms with Crippen molar-refractivity contribution in [2.75, 3.05) is 38.1 Å². The van der Waals surface area contributed by atoms with Crippen LogP contribution in [0.25, 0.3) is 0 Å². The van der Waals surface area contributed by atoms with Gasteiger partial charge in [-0.2, -0.15) is 5.10 Å². The van der Waals surface area contributed by atoms with Crippen LogP contribution >= 0.6 is 0 Å². The van der Waals surface area contributed by atoms with E-state index in [2.05, 4.69) is 24.3 Å². The highest BCUT2D eigenvalue weighted by molar-refractivity contribution is 6.02. The van der Waals surface area contributed by atoms with Crippen LogP contribution < -0.4 is 10.1 Å². The monoisotopic (exact) mass is 551 g/mol. The molecule has 11 nitrogen and oxygen atoms in total. The average Bonchev–Trinajstić information content (AvgIpc) is 3.58. The van der Waals surface area contributed by atoms with Gasteiger partial charge in [-0.05, 0) is 56.5 Å². The molecule has 0 aliphatic carbocycles. The van der Waals surface area contributed by atoms with Crippen molar-refractivity contribution in [3.8, 4) is 5.75 Å². The van der Waals surface area contributed by atoms with Gasteiger partial charge in [0.1, 0.15) is 24.2 Å². The summed E-state index contributed by atoms with van der Waals surface area (Å²) in [5, 5.41) is 7.26. The van der Waals surface area contributed by atoms with E-state index in [1.165, 1.54) is 10.2 Å². The number of nitrogens with zero attached hydrogens (tertiary/aromatic N) is 4. The molecule has 1 atom stereocenters. The molecule has 0 radical (unpaired) electrons. The molecule has 3 aromatic rings. The van der Waals surface area contributed by atoms with Crippen LogP contribution in [0.15, 0.2) is 47.0 Å². The Balaban J connectivity index is 1.30. The number of aryl methyl sites for hydroxylation is 1. The summed E-state index contributed by atoms with van der Waals surface area (Å²) in [6.07, 6.45) is 1.27. The molecule has 1 aliphatic heterocycles. The van der Waals surface area contributed by atoms with Crippen LogP contribution in [0, 0.1) is 6.92 Å². The molecule has 40 heavy (non-hydrogen) atoms. The van der Waals surface area contributed by atoms with Crippen LogP contribution in [0.4, 0.5) is 10.5 Å². The van der Waals surface area contributed by atoms with Crippen molar-refractivity contribution in [1.82, 2.24) is 19.6 Å². The molecule has 0 spiro atoms. The molecule has 0 saturated carbocycles. The molecule has 3 heterocycles. The number of carbonyl (C=O) groups is 3. The van der Waals surface area contributed by atoms with Gasteiger partial charge in [0.15, 0.2) is 5.76 Å². The highest BCUT2D eigenvalue weighted by Crippen LogP contribution is 2.22. The minimum atomic E-state index is -0.583. The quantitative estimate of drug-likeness (QED) is 0.413. The maximum Gasteiger partial charge on any atom is 0.409 e. The number of piperazine rings is 1. The van der Waals surface area contributed by atoms with E-state index in [0.717, 1.165) is 5.75 Å². The number of anilines is 1. The van der Waals surface area contributed by atoms with Crippen molar-refractivity contribution in [3.63, 3.8) is 0 Å². The lowest BCUT2D eigenvalue weighted by Gasteiger charge is -2.35. The Labute approximate surface area is 234 Å². The van der Waals surface area contributed by atoms with Gasteiger partial charge in [-0.1, -0.05) is 26.0 Å². The Hall–Kier alpha value is -4.28. The molecule has 1 aromatic carbocycles. The van der Waals surface area contributed by atoms with E-state index in [1.54, 1.807) is 48.9 Å². The number of ether oxygens (including phenoxy) is 2. The predicted molar refractivity (Wildman–Crippen MR) is 148 cm³/mol. The molecule has 1 N–H and O–H groups in total. The first-order chi connectivity index (χ1) is 19.2. The van der Waals surface area contributed by atoms with Crippen LogP contribution in [0.2, 0.25) is 0 Å². The third kappa shape index (κ3) is 6.83. The van der Waals surface area contributed by atoms with Gasteiger partial charge in [-0.25, -0.2) is 4.79 Å². The minimum absolute atomic E-state index is 0.113. The van der Waals surface area contributed by atoms with Gasteiger partial charge >= 0.3 is 6.09 Å². The summed E-state index contributed by atoms with van der Waals surface area (Å²) < 4.78 is 18.1. The van der Waals surface area contributed by atoms with Gasteiger partial charge in [-0.3, -0.25) is 14.3 Å². The minimum Gasteiger partial charge on any atom is -0.486 e. The third-order valence-corrected chi connectivity index (χ3v) is 6.85. The van der Waals surface area contributed by atoms with E-state index < -0.39 is 11.9 Å². The van der Waals surface area contributed by atoms with E-state index in [9.17, 15) is 14.4 Å². The summed E-state index contributed by atoms with van der Waals surface area (Å²) in [6, 6.07) is 10.6. The van der Waals surface area contributed by atoms with E-state index in [4.69, 9.17) is 13.9 Å². The van der Waals surface area contributed by atoms with Crippen molar-refractivity contribution in [2.24, 2.45) is 0 Å². The van der Waals surface area contributed by atoms with Gasteiger partial charge in [0.2, 0.25) is 5.91 Å². The fourth-order valence-electron chi connectivity index (χ4n) is 4.37. The molecule has 2 aromatic heterocycles. The van der Waals surface area contributed by atoms with Crippen LogP contribution in [0.5, 0.6) is 5.75 Å². The average molecular weight is 552 g/mol. The van der Waals surface area contributed by atoms with Gasteiger partial charge < -0.3 is 29.0 Å². The van der Waals surface area contributed by atoms with Crippen LogP contribution in [0.1, 0.15) is 67.2 Å². The lowest BCUT2D eigenvalue weighted by molar-refractivity contribution is -0.136. The van der Waals surface area contributed by atoms with Crippen LogP contribution in [-0.2, 0) is 16.1 Å². The Morgan fingerprint density at radius 3 is 2.33 bits per heavy atom. The standard InChI is InChI=1S/C29H37N5O6/c1-6-38-29(37)33-15-13-32(14-16-33)28(36)21(5)34-17-25(20(4)31-34)30-27(35)26-12-11-24(40-26)18-39-23-9-7-22(8-10-23)19(2)3/h7-12,17,19,21H,6,13-16,18H2,1-5H3,(H,30,35). The van der Waals surface area contributed by atoms with E-state index in [0.29, 0.717) is 55.8 Å². The summed E-state index contributed by atoms with van der Waals surface area (Å²) in [4.78, 5) is 41.2. The Morgan fingerprint density at radius 2 is 1.68 bits per heavy atom. The Bertz CT molecular complexity index is 1320. The lowest BCUT2D eigenvalue weighted by Crippen LogP contribution is -2.52. The van der Waals surface area contributed by atoms with Gasteiger partial charge in [0.05, 0.1) is 18.0 Å². The van der Waals surface area contributed by atoms with Crippen molar-refractivity contribution >= 4 is 23.6 Å². The number of benzene rings is 1. The second-order valence-corrected chi connectivity index (χ2v) is 10.0. The molecular weight excluding hydrogens is 514 g/mol. The van der Waals surface area contributed by atoms with Crippen LogP contribution in [0.3, 0.4) is 0 Å². The van der Waals surface area contributed by atoms with E-state index in [-0.39, 0.29) is 24.4 Å². The first-order valence-electron chi connectivity index (χ1n) is 13.5. The van der Waals surface area contributed by atoms with Gasteiger partial charge in [-0.15, -0.1) is 0 Å². The summed E-state index contributed by atoms with van der Waals surface area (Å²) >= 11 is 0. The smallest absolute Gasteiger partial charge is 0.409 e. The molecule has 214 valence electrons. The van der Waals surface area contributed by atoms with E-state index >= 15 is 0 Å². The second kappa shape index (κ2) is 12.7. The first kappa shape index (κ1) is 28.7. The topological polar surface area (TPSA) is 119 Å². The van der Waals surface area contributed by atoms with E-state index in [1.807, 2.05) is 24.3 Å². The number of amides is 3. The summed E-state index contributed by atoms with van der Waals surface area (Å²) in [7, 11) is 0. The number of carbonyl (C=O) groups excluding carboxylic acids is 3. The zero-order valence-electron chi connectivity index (χ0n) is 23.7. The molecule has 1 aliphatic rings. The Kier molecular flexibility index (Phi) is 9.13. The largest absolute Gasteiger partial charge is 0.486 e. The lowest BCUT2D eigenvalue weighted by atomic mass is 10.0.